The molecule has 7 nitrogen and oxygen atoms in total. The summed E-state index contributed by atoms with van der Waals surface area (Å²) in [6.45, 7) is 0.483. The van der Waals surface area contributed by atoms with E-state index < -0.39 is 0 Å². The Hall–Kier alpha value is -2.52. The normalized spacial score (nSPS) is 14.9. The number of amides is 1. The predicted molar refractivity (Wildman–Crippen MR) is 136 cm³/mol. The van der Waals surface area contributed by atoms with Crippen LogP contribution in [0.15, 0.2) is 28.2 Å². The maximum absolute atomic E-state index is 13.7. The third-order valence-corrected chi connectivity index (χ3v) is 8.82. The fraction of sp³-hybridized carbons (Fsp3) is 0.480. The highest BCUT2D eigenvalue weighted by Crippen LogP contribution is 2.36. The average molecular weight is 500 g/mol. The van der Waals surface area contributed by atoms with Crippen molar-refractivity contribution in [1.29, 1.82) is 0 Å². The van der Waals surface area contributed by atoms with Crippen molar-refractivity contribution in [2.24, 2.45) is 0 Å². The largest absolute Gasteiger partial charge is 0.493 e. The van der Waals surface area contributed by atoms with Gasteiger partial charge in [0.05, 0.1) is 25.4 Å². The maximum atomic E-state index is 13.7. The third kappa shape index (κ3) is 4.43. The first-order chi connectivity index (χ1) is 16.5. The smallest absolute Gasteiger partial charge is 0.263 e. The van der Waals surface area contributed by atoms with E-state index in [1.165, 1.54) is 22.2 Å². The average Bonchev–Trinajstić information content (AvgIpc) is 3.50. The van der Waals surface area contributed by atoms with Gasteiger partial charge in [0.25, 0.3) is 5.56 Å². The van der Waals surface area contributed by atoms with Gasteiger partial charge in [-0.3, -0.25) is 14.2 Å². The number of fused-ring (bicyclic) bond motifs is 3. The van der Waals surface area contributed by atoms with Crippen molar-refractivity contribution in [2.45, 2.75) is 56.3 Å². The lowest BCUT2D eigenvalue weighted by atomic mass is 10.1. The Kier molecular flexibility index (Phi) is 6.57. The lowest BCUT2D eigenvalue weighted by Gasteiger charge is -2.17. The number of thioether (sulfide) groups is 1. The van der Waals surface area contributed by atoms with Crippen LogP contribution in [-0.2, 0) is 30.6 Å². The van der Waals surface area contributed by atoms with Gasteiger partial charge in [0.2, 0.25) is 5.91 Å². The number of methoxy groups -OCH3 is 2. The minimum Gasteiger partial charge on any atom is -0.493 e. The van der Waals surface area contributed by atoms with E-state index in [0.717, 1.165) is 47.9 Å². The number of aryl methyl sites for hydroxylation is 3. The number of rotatable bonds is 9. The molecule has 1 aromatic carbocycles. The van der Waals surface area contributed by atoms with E-state index in [1.807, 2.05) is 30.1 Å². The molecular weight excluding hydrogens is 470 g/mol. The topological polar surface area (TPSA) is 73.7 Å². The minimum atomic E-state index is 0.00960. The van der Waals surface area contributed by atoms with Gasteiger partial charge in [-0.25, -0.2) is 4.98 Å². The van der Waals surface area contributed by atoms with Crippen LogP contribution in [0, 0.1) is 0 Å². The van der Waals surface area contributed by atoms with Crippen LogP contribution in [0.1, 0.15) is 35.3 Å². The zero-order valence-electron chi connectivity index (χ0n) is 19.8. The molecular formula is C25H29N3O4S2. The molecule has 9 heteroatoms. The molecule has 0 bridgehead atoms. The zero-order chi connectivity index (χ0) is 23.8. The monoisotopic (exact) mass is 499 g/mol. The van der Waals surface area contributed by atoms with Crippen LogP contribution < -0.4 is 15.0 Å². The van der Waals surface area contributed by atoms with E-state index in [1.54, 1.807) is 30.1 Å². The predicted octanol–water partition coefficient (Wildman–Crippen LogP) is 3.92. The lowest BCUT2D eigenvalue weighted by Crippen LogP contribution is -2.31. The molecule has 3 aromatic rings. The highest BCUT2D eigenvalue weighted by atomic mass is 32.2. The second kappa shape index (κ2) is 9.62. The fourth-order valence-corrected chi connectivity index (χ4v) is 6.79. The Morgan fingerprint density at radius 2 is 2.03 bits per heavy atom. The Morgan fingerprint density at radius 1 is 1.24 bits per heavy atom. The van der Waals surface area contributed by atoms with Crippen LogP contribution in [0.2, 0.25) is 0 Å². The van der Waals surface area contributed by atoms with Gasteiger partial charge < -0.3 is 14.4 Å². The summed E-state index contributed by atoms with van der Waals surface area (Å²) in [7, 11) is 5.10. The third-order valence-electron chi connectivity index (χ3n) is 6.67. The van der Waals surface area contributed by atoms with Crippen molar-refractivity contribution in [2.75, 3.05) is 27.0 Å². The molecule has 0 radical (unpaired) electrons. The lowest BCUT2D eigenvalue weighted by molar-refractivity contribution is -0.127. The molecule has 2 aliphatic carbocycles. The quantitative estimate of drug-likeness (QED) is 0.328. The molecule has 0 spiro atoms. The van der Waals surface area contributed by atoms with Crippen LogP contribution in [0.4, 0.5) is 0 Å². The van der Waals surface area contributed by atoms with Crippen LogP contribution in [0.5, 0.6) is 11.5 Å². The van der Waals surface area contributed by atoms with Gasteiger partial charge >= 0.3 is 0 Å². The Balaban J connectivity index is 1.45. The Bertz CT molecular complexity index is 1300. The molecule has 2 heterocycles. The second-order valence-corrected chi connectivity index (χ2v) is 10.9. The summed E-state index contributed by atoms with van der Waals surface area (Å²) in [5, 5.41) is 1.39. The molecule has 2 aliphatic rings. The van der Waals surface area contributed by atoms with Gasteiger partial charge in [-0.05, 0) is 61.8 Å². The van der Waals surface area contributed by atoms with Gasteiger partial charge in [0.15, 0.2) is 16.7 Å². The number of carbonyl (C=O) groups excluding carboxylic acids is 1. The van der Waals surface area contributed by atoms with Gasteiger partial charge in [-0.1, -0.05) is 17.8 Å². The van der Waals surface area contributed by atoms with Gasteiger partial charge in [-0.15, -0.1) is 11.3 Å². The van der Waals surface area contributed by atoms with Gasteiger partial charge in [-0.2, -0.15) is 0 Å². The van der Waals surface area contributed by atoms with E-state index in [4.69, 9.17) is 14.5 Å². The Labute approximate surface area is 207 Å². The molecule has 2 aromatic heterocycles. The number of aromatic nitrogens is 2. The van der Waals surface area contributed by atoms with Crippen molar-refractivity contribution in [3.05, 3.63) is 44.6 Å². The SMILES string of the molecule is COc1ccc(CCn2c(SCC(=O)N(C)C3CC3)nc3sc4c(c3c2=O)CCC4)cc1OC. The summed E-state index contributed by atoms with van der Waals surface area (Å²) in [4.78, 5) is 35.2. The van der Waals surface area contributed by atoms with E-state index in [-0.39, 0.29) is 17.2 Å². The maximum Gasteiger partial charge on any atom is 0.263 e. The van der Waals surface area contributed by atoms with Crippen molar-refractivity contribution in [1.82, 2.24) is 14.5 Å². The van der Waals surface area contributed by atoms with Crippen LogP contribution in [0.25, 0.3) is 10.2 Å². The number of thiophene rings is 1. The number of nitrogens with zero attached hydrogens (tertiary/aromatic N) is 3. The number of benzene rings is 1. The number of ether oxygens (including phenoxy) is 2. The van der Waals surface area contributed by atoms with Crippen molar-refractivity contribution in [3.8, 4) is 11.5 Å². The van der Waals surface area contributed by atoms with Crippen molar-refractivity contribution < 1.29 is 14.3 Å². The van der Waals surface area contributed by atoms with Crippen LogP contribution in [-0.4, -0.2) is 53.4 Å². The standard InChI is InChI=1S/C25H29N3O4S2/c1-27(16-8-9-16)21(29)14-33-25-26-23-22(17-5-4-6-20(17)34-23)24(30)28(25)12-11-15-7-10-18(31-2)19(13-15)32-3/h7,10,13,16H,4-6,8-9,11-12,14H2,1-3H3. The summed E-state index contributed by atoms with van der Waals surface area (Å²) in [6.07, 6.45) is 5.86. The molecule has 0 aliphatic heterocycles. The van der Waals surface area contributed by atoms with Crippen LogP contribution in [0.3, 0.4) is 0 Å². The van der Waals surface area contributed by atoms with Gasteiger partial charge in [0, 0.05) is 24.5 Å². The Morgan fingerprint density at radius 3 is 2.76 bits per heavy atom. The first-order valence-corrected chi connectivity index (χ1v) is 13.4. The highest BCUT2D eigenvalue weighted by Gasteiger charge is 2.30. The highest BCUT2D eigenvalue weighted by molar-refractivity contribution is 7.99. The van der Waals surface area contributed by atoms with Crippen molar-refractivity contribution >= 4 is 39.2 Å². The van der Waals surface area contributed by atoms with Gasteiger partial charge in [0.1, 0.15) is 4.83 Å². The molecule has 1 amide bonds. The number of hydrogen-bond donors (Lipinski definition) is 0. The molecule has 1 saturated carbocycles. The summed E-state index contributed by atoms with van der Waals surface area (Å²) in [6, 6.07) is 6.18. The number of carbonyl (C=O) groups is 1. The first kappa shape index (κ1) is 23.2. The fourth-order valence-electron chi connectivity index (χ4n) is 4.54. The summed E-state index contributed by atoms with van der Waals surface area (Å²) in [5.74, 6) is 1.71. The molecule has 0 N–H and O–H groups in total. The summed E-state index contributed by atoms with van der Waals surface area (Å²) < 4.78 is 12.5. The zero-order valence-corrected chi connectivity index (χ0v) is 21.4. The summed E-state index contributed by atoms with van der Waals surface area (Å²) in [5.41, 5.74) is 2.23. The molecule has 180 valence electrons. The van der Waals surface area contributed by atoms with E-state index >= 15 is 0 Å². The second-order valence-electron chi connectivity index (χ2n) is 8.85. The molecule has 5 rings (SSSR count). The van der Waals surface area contributed by atoms with Crippen molar-refractivity contribution in [3.63, 3.8) is 0 Å². The molecule has 34 heavy (non-hydrogen) atoms. The van der Waals surface area contributed by atoms with E-state index in [2.05, 4.69) is 0 Å². The molecule has 0 atom stereocenters. The minimum absolute atomic E-state index is 0.00960. The molecule has 0 unspecified atom stereocenters. The molecule has 0 saturated heterocycles. The van der Waals surface area contributed by atoms with Crippen LogP contribution >= 0.6 is 23.1 Å². The summed E-state index contributed by atoms with van der Waals surface area (Å²) >= 11 is 3.01. The van der Waals surface area contributed by atoms with E-state index in [0.29, 0.717) is 35.7 Å². The first-order valence-electron chi connectivity index (χ1n) is 11.6. The molecule has 1 fully saturated rings. The number of hydrogen-bond acceptors (Lipinski definition) is 7. The van der Waals surface area contributed by atoms with E-state index in [9.17, 15) is 9.59 Å².